The third-order valence-corrected chi connectivity index (χ3v) is 5.37. The van der Waals surface area contributed by atoms with Crippen molar-refractivity contribution >= 4 is 17.7 Å². The number of ether oxygens (including phenoxy) is 1. The molecule has 3 aromatic rings. The Balaban J connectivity index is 2.16. The highest BCUT2D eigenvalue weighted by molar-refractivity contribution is 5.69. The van der Waals surface area contributed by atoms with Crippen LogP contribution in [0.4, 0.5) is 5.69 Å². The maximum Gasteiger partial charge on any atom is 0.335 e. The number of rotatable bonds is 9. The summed E-state index contributed by atoms with van der Waals surface area (Å²) in [6.45, 7) is 10.8. The molecule has 0 aliphatic carbocycles. The van der Waals surface area contributed by atoms with Crippen molar-refractivity contribution in [3.63, 3.8) is 0 Å². The van der Waals surface area contributed by atoms with Crippen LogP contribution in [0, 0.1) is 12.8 Å². The fourth-order valence-electron chi connectivity index (χ4n) is 3.45. The smallest absolute Gasteiger partial charge is 0.335 e. The van der Waals surface area contributed by atoms with Crippen LogP contribution in [0.15, 0.2) is 63.6 Å². The lowest BCUT2D eigenvalue weighted by Crippen LogP contribution is -2.51. The number of nitrogens with one attached hydrogen (secondary N) is 1. The van der Waals surface area contributed by atoms with Crippen LogP contribution < -0.4 is 21.7 Å². The minimum Gasteiger partial charge on any atom is -0.491 e. The van der Waals surface area contributed by atoms with Crippen LogP contribution in [0.3, 0.4) is 0 Å². The Labute approximate surface area is 202 Å². The number of aromatic amines is 1. The number of hydrogen-bond donors (Lipinski definition) is 2. The highest BCUT2D eigenvalue weighted by Crippen LogP contribution is 2.24. The normalized spacial score (nSPS) is 12.5. The molecule has 184 valence electrons. The molecule has 2 N–H and O–H groups in total. The van der Waals surface area contributed by atoms with Gasteiger partial charge in [0, 0.05) is 6.54 Å². The zero-order chi connectivity index (χ0) is 25.7. The number of aryl methyl sites for hydroxylation is 1. The van der Waals surface area contributed by atoms with Gasteiger partial charge in [0.2, 0.25) is 5.62 Å². The summed E-state index contributed by atoms with van der Waals surface area (Å²) in [5.41, 5.74) is 1.80. The lowest BCUT2D eigenvalue weighted by atomic mass is 10.1. The van der Waals surface area contributed by atoms with Crippen LogP contribution in [-0.2, 0) is 17.9 Å². The highest BCUT2D eigenvalue weighted by atomic mass is 16.5. The van der Waals surface area contributed by atoms with Crippen molar-refractivity contribution in [3.8, 4) is 5.75 Å². The Morgan fingerprint density at radius 1 is 1.14 bits per heavy atom. The number of benzene rings is 2. The topological polar surface area (TPSA) is 119 Å². The summed E-state index contributed by atoms with van der Waals surface area (Å²) in [6.07, 6.45) is 1.73. The van der Waals surface area contributed by atoms with Crippen molar-refractivity contribution in [2.24, 2.45) is 10.9 Å². The average molecular weight is 479 g/mol. The van der Waals surface area contributed by atoms with Gasteiger partial charge >= 0.3 is 17.3 Å². The van der Waals surface area contributed by atoms with Crippen molar-refractivity contribution in [2.45, 2.75) is 46.9 Å². The molecule has 0 aliphatic rings. The van der Waals surface area contributed by atoms with Crippen molar-refractivity contribution in [3.05, 3.63) is 92.3 Å². The molecule has 0 fully saturated rings. The molecule has 3 rings (SSSR count). The highest BCUT2D eigenvalue weighted by Gasteiger charge is 2.17. The quantitative estimate of drug-likeness (QED) is 0.490. The van der Waals surface area contributed by atoms with E-state index >= 15 is 0 Å². The third-order valence-electron chi connectivity index (χ3n) is 5.37. The second kappa shape index (κ2) is 10.9. The predicted molar refractivity (Wildman–Crippen MR) is 134 cm³/mol. The molecule has 1 aromatic heterocycles. The van der Waals surface area contributed by atoms with E-state index in [9.17, 15) is 19.5 Å². The SMILES string of the molecule is C=Cc1ccc(Cn2c(=O)n(C[C@H](C)C(=O)O)c(=O)[nH]/c2=N/c2ccc(OC(C)C)c(C)c2)cc1. The Kier molecular flexibility index (Phi) is 7.91. The van der Waals surface area contributed by atoms with Gasteiger partial charge in [0.1, 0.15) is 5.75 Å². The van der Waals surface area contributed by atoms with E-state index in [1.165, 1.54) is 11.5 Å². The molecule has 0 radical (unpaired) electrons. The summed E-state index contributed by atoms with van der Waals surface area (Å²) >= 11 is 0. The minimum atomic E-state index is -1.10. The number of hydrogen-bond acceptors (Lipinski definition) is 5. The molecule has 1 heterocycles. The number of nitrogens with zero attached hydrogens (tertiary/aromatic N) is 3. The van der Waals surface area contributed by atoms with Gasteiger partial charge in [-0.3, -0.25) is 14.3 Å². The van der Waals surface area contributed by atoms with Gasteiger partial charge in [0.25, 0.3) is 0 Å². The minimum absolute atomic E-state index is 0.0169. The molecule has 9 heteroatoms. The molecule has 0 bridgehead atoms. The van der Waals surface area contributed by atoms with Gasteiger partial charge in [-0.25, -0.2) is 19.1 Å². The Hall–Kier alpha value is -4.14. The van der Waals surface area contributed by atoms with E-state index in [-0.39, 0.29) is 24.8 Å². The van der Waals surface area contributed by atoms with Gasteiger partial charge in [-0.1, -0.05) is 43.8 Å². The zero-order valence-electron chi connectivity index (χ0n) is 20.3. The Morgan fingerprint density at radius 3 is 2.40 bits per heavy atom. The largest absolute Gasteiger partial charge is 0.491 e. The first-order valence-corrected chi connectivity index (χ1v) is 11.3. The molecule has 1 atom stereocenters. The monoisotopic (exact) mass is 478 g/mol. The van der Waals surface area contributed by atoms with E-state index in [0.29, 0.717) is 5.69 Å². The van der Waals surface area contributed by atoms with Crippen molar-refractivity contribution in [2.75, 3.05) is 0 Å². The maximum absolute atomic E-state index is 13.3. The van der Waals surface area contributed by atoms with Crippen LogP contribution >= 0.6 is 0 Å². The molecule has 0 aliphatic heterocycles. The molecule has 0 saturated heterocycles. The summed E-state index contributed by atoms with van der Waals surface area (Å²) in [7, 11) is 0. The van der Waals surface area contributed by atoms with Crippen molar-refractivity contribution < 1.29 is 14.6 Å². The number of carboxylic acid groups (broad SMARTS) is 1. The summed E-state index contributed by atoms with van der Waals surface area (Å²) in [5.74, 6) is -1.30. The lowest BCUT2D eigenvalue weighted by Gasteiger charge is -2.14. The molecular formula is C26H30N4O5. The maximum atomic E-state index is 13.3. The number of carbonyl (C=O) groups is 1. The van der Waals surface area contributed by atoms with E-state index in [1.54, 1.807) is 24.3 Å². The molecular weight excluding hydrogens is 448 g/mol. The number of H-pyrrole nitrogens is 1. The Bertz CT molecular complexity index is 1410. The molecule has 0 saturated carbocycles. The fourth-order valence-corrected chi connectivity index (χ4v) is 3.45. The summed E-state index contributed by atoms with van der Waals surface area (Å²) in [6, 6.07) is 12.8. The van der Waals surface area contributed by atoms with Crippen LogP contribution in [0.1, 0.15) is 37.5 Å². The standard InChI is InChI=1S/C26H30N4O5/c1-6-19-7-9-20(10-8-19)15-29-24(27-21-11-12-22(17(4)13-21)35-16(2)3)28-25(33)30(26(29)34)14-18(5)23(31)32/h6-13,16,18H,1,14-15H2,2-5H3,(H,31,32)(H,27,28,33)/t18-/m0/s1. The predicted octanol–water partition coefficient (Wildman–Crippen LogP) is 3.08. The number of carboxylic acids is 1. The van der Waals surface area contributed by atoms with E-state index in [0.717, 1.165) is 27.0 Å². The fraction of sp³-hybridized carbons (Fsp3) is 0.308. The van der Waals surface area contributed by atoms with E-state index in [2.05, 4.69) is 16.6 Å². The first kappa shape index (κ1) is 25.5. The number of aromatic nitrogens is 3. The molecule has 0 unspecified atom stereocenters. The summed E-state index contributed by atoms with van der Waals surface area (Å²) in [5, 5.41) is 9.26. The van der Waals surface area contributed by atoms with Gasteiger partial charge in [0.15, 0.2) is 0 Å². The van der Waals surface area contributed by atoms with E-state index in [4.69, 9.17) is 4.74 Å². The lowest BCUT2D eigenvalue weighted by molar-refractivity contribution is -0.141. The van der Waals surface area contributed by atoms with Crippen molar-refractivity contribution in [1.82, 2.24) is 14.1 Å². The molecule has 9 nitrogen and oxygen atoms in total. The zero-order valence-corrected chi connectivity index (χ0v) is 20.3. The number of aliphatic carboxylic acids is 1. The second-order valence-corrected chi connectivity index (χ2v) is 8.65. The van der Waals surface area contributed by atoms with Gasteiger partial charge in [-0.05, 0) is 55.7 Å². The molecule has 0 spiro atoms. The molecule has 0 amide bonds. The third kappa shape index (κ3) is 6.26. The van der Waals surface area contributed by atoms with Crippen LogP contribution in [0.25, 0.3) is 6.08 Å². The van der Waals surface area contributed by atoms with E-state index < -0.39 is 23.3 Å². The first-order chi connectivity index (χ1) is 16.6. The molecule has 35 heavy (non-hydrogen) atoms. The first-order valence-electron chi connectivity index (χ1n) is 11.3. The van der Waals surface area contributed by atoms with Gasteiger partial charge in [-0.2, -0.15) is 0 Å². The second-order valence-electron chi connectivity index (χ2n) is 8.65. The molecule has 2 aromatic carbocycles. The van der Waals surface area contributed by atoms with Crippen LogP contribution in [0.2, 0.25) is 0 Å². The van der Waals surface area contributed by atoms with Gasteiger partial charge in [0.05, 0.1) is 24.3 Å². The summed E-state index contributed by atoms with van der Waals surface area (Å²) < 4.78 is 7.98. The van der Waals surface area contributed by atoms with E-state index in [1.807, 2.05) is 45.0 Å². The van der Waals surface area contributed by atoms with Crippen molar-refractivity contribution in [1.29, 1.82) is 0 Å². The average Bonchev–Trinajstić information content (AvgIpc) is 2.81. The summed E-state index contributed by atoms with van der Waals surface area (Å²) in [4.78, 5) is 44.6. The van der Waals surface area contributed by atoms with Gasteiger partial charge < -0.3 is 9.84 Å². The van der Waals surface area contributed by atoms with Crippen LogP contribution in [0.5, 0.6) is 5.75 Å². The van der Waals surface area contributed by atoms with Crippen LogP contribution in [-0.4, -0.2) is 31.3 Å². The Morgan fingerprint density at radius 2 is 1.83 bits per heavy atom. The van der Waals surface area contributed by atoms with Gasteiger partial charge in [-0.15, -0.1) is 0 Å².